The van der Waals surface area contributed by atoms with Crippen LogP contribution < -0.4 is 5.32 Å². The highest BCUT2D eigenvalue weighted by molar-refractivity contribution is 5.76. The third-order valence-corrected chi connectivity index (χ3v) is 3.49. The molecule has 0 spiro atoms. The lowest BCUT2D eigenvalue weighted by Crippen LogP contribution is -2.24. The molecule has 0 saturated carbocycles. The first kappa shape index (κ1) is 17.9. The van der Waals surface area contributed by atoms with Gasteiger partial charge in [0.2, 0.25) is 11.7 Å². The molecule has 3 heterocycles. The maximum absolute atomic E-state index is 12.6. The van der Waals surface area contributed by atoms with Crippen LogP contribution in [0.1, 0.15) is 31.9 Å². The molecule has 1 amide bonds. The largest absolute Gasteiger partial charge is 0.471 e. The summed E-state index contributed by atoms with van der Waals surface area (Å²) >= 11 is 0. The quantitative estimate of drug-likeness (QED) is 0.749. The van der Waals surface area contributed by atoms with Gasteiger partial charge in [-0.15, -0.1) is 0 Å². The van der Waals surface area contributed by atoms with E-state index in [2.05, 4.69) is 25.0 Å². The second-order valence-corrected chi connectivity index (χ2v) is 6.21. The van der Waals surface area contributed by atoms with E-state index in [9.17, 15) is 18.0 Å². The fourth-order valence-electron chi connectivity index (χ4n) is 2.35. The normalized spacial score (nSPS) is 12.1. The van der Waals surface area contributed by atoms with Crippen molar-refractivity contribution in [3.63, 3.8) is 0 Å². The standard InChI is InChI=1S/C16H16F3N5O2/c1-9(2)5-13(25)20-6-11-8-24-7-10(3-4-12(24)21-11)14-22-15(26-23-14)16(17,18)19/h3-4,7-9H,5-6H2,1-2H3,(H,20,25). The Bertz CT molecular complexity index is 930. The van der Waals surface area contributed by atoms with Gasteiger partial charge in [-0.3, -0.25) is 4.79 Å². The molecule has 138 valence electrons. The molecule has 0 unspecified atom stereocenters. The minimum atomic E-state index is -4.69. The number of hydrogen-bond acceptors (Lipinski definition) is 5. The number of fused-ring (bicyclic) bond motifs is 1. The van der Waals surface area contributed by atoms with E-state index in [1.807, 2.05) is 13.8 Å². The molecular formula is C16H16F3N5O2. The van der Waals surface area contributed by atoms with E-state index in [1.165, 1.54) is 0 Å². The number of halogens is 3. The summed E-state index contributed by atoms with van der Waals surface area (Å²) in [4.78, 5) is 19.4. The minimum Gasteiger partial charge on any atom is -0.350 e. The van der Waals surface area contributed by atoms with Crippen molar-refractivity contribution in [2.75, 3.05) is 0 Å². The summed E-state index contributed by atoms with van der Waals surface area (Å²) in [6.07, 6.45) is -1.03. The number of carbonyl (C=O) groups excluding carboxylic acids is 1. The van der Waals surface area contributed by atoms with E-state index in [0.29, 0.717) is 23.3 Å². The van der Waals surface area contributed by atoms with Crippen molar-refractivity contribution in [3.05, 3.63) is 36.1 Å². The first-order valence-corrected chi connectivity index (χ1v) is 7.88. The summed E-state index contributed by atoms with van der Waals surface area (Å²) in [7, 11) is 0. The average molecular weight is 367 g/mol. The van der Waals surface area contributed by atoms with Gasteiger partial charge >= 0.3 is 12.1 Å². The van der Waals surface area contributed by atoms with Crippen LogP contribution in [0.3, 0.4) is 0 Å². The summed E-state index contributed by atoms with van der Waals surface area (Å²) in [5, 5.41) is 6.13. The molecule has 3 aromatic rings. The lowest BCUT2D eigenvalue weighted by molar-refractivity contribution is -0.159. The summed E-state index contributed by atoms with van der Waals surface area (Å²) in [6.45, 7) is 4.17. The van der Waals surface area contributed by atoms with E-state index in [1.54, 1.807) is 28.9 Å². The molecule has 0 aliphatic carbocycles. The van der Waals surface area contributed by atoms with Crippen LogP contribution in [0.15, 0.2) is 29.0 Å². The van der Waals surface area contributed by atoms with E-state index in [-0.39, 0.29) is 24.2 Å². The third kappa shape index (κ3) is 4.01. The number of rotatable bonds is 5. The molecule has 7 nitrogen and oxygen atoms in total. The molecule has 26 heavy (non-hydrogen) atoms. The minimum absolute atomic E-state index is 0.0655. The SMILES string of the molecule is CC(C)CC(=O)NCc1cn2cc(-c3noc(C(F)(F)F)n3)ccc2n1. The molecule has 3 rings (SSSR count). The highest BCUT2D eigenvalue weighted by atomic mass is 19.4. The van der Waals surface area contributed by atoms with Gasteiger partial charge in [0, 0.05) is 24.4 Å². The van der Waals surface area contributed by atoms with Crippen LogP contribution in [0, 0.1) is 5.92 Å². The van der Waals surface area contributed by atoms with Crippen LogP contribution in [0.25, 0.3) is 17.0 Å². The summed E-state index contributed by atoms with van der Waals surface area (Å²) in [5.74, 6) is -1.37. The molecular weight excluding hydrogens is 351 g/mol. The van der Waals surface area contributed by atoms with Crippen LogP contribution in [0.4, 0.5) is 13.2 Å². The van der Waals surface area contributed by atoms with E-state index in [0.717, 1.165) is 0 Å². The van der Waals surface area contributed by atoms with Crippen molar-refractivity contribution >= 4 is 11.6 Å². The number of pyridine rings is 1. The Balaban J connectivity index is 1.77. The number of carbonyl (C=O) groups is 1. The van der Waals surface area contributed by atoms with Crippen molar-refractivity contribution in [3.8, 4) is 11.4 Å². The smallest absolute Gasteiger partial charge is 0.350 e. The highest BCUT2D eigenvalue weighted by Crippen LogP contribution is 2.29. The zero-order chi connectivity index (χ0) is 18.9. The Morgan fingerprint density at radius 3 is 2.69 bits per heavy atom. The van der Waals surface area contributed by atoms with Crippen LogP contribution in [-0.2, 0) is 17.5 Å². The lowest BCUT2D eigenvalue weighted by atomic mass is 10.1. The van der Waals surface area contributed by atoms with Gasteiger partial charge in [0.15, 0.2) is 0 Å². The Morgan fingerprint density at radius 1 is 1.27 bits per heavy atom. The fraction of sp³-hybridized carbons (Fsp3) is 0.375. The maximum Gasteiger partial charge on any atom is 0.471 e. The number of amides is 1. The second kappa shape index (κ2) is 6.77. The molecule has 0 bridgehead atoms. The van der Waals surface area contributed by atoms with Gasteiger partial charge in [-0.2, -0.15) is 18.2 Å². The second-order valence-electron chi connectivity index (χ2n) is 6.21. The number of imidazole rings is 1. The van der Waals surface area contributed by atoms with E-state index >= 15 is 0 Å². The van der Waals surface area contributed by atoms with Crippen LogP contribution >= 0.6 is 0 Å². The van der Waals surface area contributed by atoms with E-state index in [4.69, 9.17) is 0 Å². The predicted molar refractivity (Wildman–Crippen MR) is 84.8 cm³/mol. The van der Waals surface area contributed by atoms with Crippen molar-refractivity contribution in [2.24, 2.45) is 5.92 Å². The van der Waals surface area contributed by atoms with Gasteiger partial charge < -0.3 is 14.2 Å². The molecule has 3 aromatic heterocycles. The molecule has 10 heteroatoms. The molecule has 0 aliphatic heterocycles. The molecule has 0 saturated heterocycles. The third-order valence-electron chi connectivity index (χ3n) is 3.49. The van der Waals surface area contributed by atoms with Crippen molar-refractivity contribution < 1.29 is 22.5 Å². The molecule has 0 radical (unpaired) electrons. The maximum atomic E-state index is 12.6. The van der Waals surface area contributed by atoms with Crippen LogP contribution in [0.2, 0.25) is 0 Å². The number of nitrogens with zero attached hydrogens (tertiary/aromatic N) is 4. The topological polar surface area (TPSA) is 85.3 Å². The van der Waals surface area contributed by atoms with Gasteiger partial charge in [0.25, 0.3) is 0 Å². The Hall–Kier alpha value is -2.91. The van der Waals surface area contributed by atoms with Gasteiger partial charge in [-0.25, -0.2) is 4.98 Å². The zero-order valence-corrected chi connectivity index (χ0v) is 14.0. The molecule has 1 N–H and O–H groups in total. The average Bonchev–Trinajstić information content (AvgIpc) is 3.17. The van der Waals surface area contributed by atoms with Crippen LogP contribution in [0.5, 0.6) is 0 Å². The number of hydrogen-bond donors (Lipinski definition) is 1. The Morgan fingerprint density at radius 2 is 2.04 bits per heavy atom. The highest BCUT2D eigenvalue weighted by Gasteiger charge is 2.38. The van der Waals surface area contributed by atoms with Gasteiger partial charge in [-0.05, 0) is 18.1 Å². The first-order valence-electron chi connectivity index (χ1n) is 7.88. The van der Waals surface area contributed by atoms with Crippen molar-refractivity contribution in [2.45, 2.75) is 33.0 Å². The van der Waals surface area contributed by atoms with Gasteiger partial charge in [0.05, 0.1) is 12.2 Å². The zero-order valence-electron chi connectivity index (χ0n) is 14.0. The van der Waals surface area contributed by atoms with Gasteiger partial charge in [0.1, 0.15) is 5.65 Å². The summed E-state index contributed by atoms with van der Waals surface area (Å²) in [6, 6.07) is 3.17. The summed E-state index contributed by atoms with van der Waals surface area (Å²) < 4.78 is 43.5. The van der Waals surface area contributed by atoms with Crippen molar-refractivity contribution in [1.29, 1.82) is 0 Å². The predicted octanol–water partition coefficient (Wildman–Crippen LogP) is 3.07. The van der Waals surface area contributed by atoms with E-state index < -0.39 is 12.1 Å². The van der Waals surface area contributed by atoms with Gasteiger partial charge in [-0.1, -0.05) is 19.0 Å². The first-order chi connectivity index (χ1) is 12.2. The van der Waals surface area contributed by atoms with Crippen molar-refractivity contribution in [1.82, 2.24) is 24.8 Å². The number of alkyl halides is 3. The Labute approximate surface area is 146 Å². The monoisotopic (exact) mass is 367 g/mol. The molecule has 0 fully saturated rings. The number of aromatic nitrogens is 4. The molecule has 0 aromatic carbocycles. The van der Waals surface area contributed by atoms with Crippen LogP contribution in [-0.4, -0.2) is 25.4 Å². The fourth-order valence-corrected chi connectivity index (χ4v) is 2.35. The molecule has 0 atom stereocenters. The Kier molecular flexibility index (Phi) is 4.66. The summed E-state index contributed by atoms with van der Waals surface area (Å²) in [5.41, 5.74) is 1.56. The molecule has 0 aliphatic rings. The lowest BCUT2D eigenvalue weighted by Gasteiger charge is -2.04. The number of nitrogens with one attached hydrogen (secondary N) is 1.